The van der Waals surface area contributed by atoms with Crippen molar-refractivity contribution >= 4 is 6.08 Å². The highest BCUT2D eigenvalue weighted by molar-refractivity contribution is 5.59. The van der Waals surface area contributed by atoms with E-state index < -0.39 is 0 Å². The van der Waals surface area contributed by atoms with Crippen LogP contribution in [0.1, 0.15) is 41.9 Å². The molecule has 1 heteroatoms. The summed E-state index contributed by atoms with van der Waals surface area (Å²) in [6.07, 6.45) is 7.47. The van der Waals surface area contributed by atoms with Gasteiger partial charge >= 0.3 is 0 Å². The van der Waals surface area contributed by atoms with E-state index in [1.165, 1.54) is 55.5 Å². The Labute approximate surface area is 139 Å². The van der Waals surface area contributed by atoms with E-state index in [1.54, 1.807) is 5.57 Å². The maximum atomic E-state index is 2.65. The number of hydrogen-bond donors (Lipinski definition) is 0. The Bertz CT molecular complexity index is 678. The van der Waals surface area contributed by atoms with E-state index in [0.717, 1.165) is 12.5 Å². The summed E-state index contributed by atoms with van der Waals surface area (Å²) >= 11 is 0. The van der Waals surface area contributed by atoms with Crippen molar-refractivity contribution in [2.24, 2.45) is 0 Å². The lowest BCUT2D eigenvalue weighted by Crippen LogP contribution is -2.34. The molecule has 1 saturated heterocycles. The first-order valence-corrected chi connectivity index (χ1v) is 8.93. The number of benzene rings is 2. The smallest absolute Gasteiger partial charge is 0.0196 e. The van der Waals surface area contributed by atoms with Crippen LogP contribution in [-0.2, 0) is 6.42 Å². The summed E-state index contributed by atoms with van der Waals surface area (Å²) in [5.41, 5.74) is 6.09. The molecule has 0 aromatic heterocycles. The van der Waals surface area contributed by atoms with E-state index in [0.29, 0.717) is 0 Å². The monoisotopic (exact) mass is 303 g/mol. The van der Waals surface area contributed by atoms with Crippen molar-refractivity contribution in [2.45, 2.75) is 31.6 Å². The number of piperidine rings is 1. The minimum Gasteiger partial charge on any atom is -0.299 e. The van der Waals surface area contributed by atoms with Gasteiger partial charge in [-0.25, -0.2) is 0 Å². The predicted octanol–water partition coefficient (Wildman–Crippen LogP) is 4.90. The molecule has 0 radical (unpaired) electrons. The molecule has 0 N–H and O–H groups in total. The highest BCUT2D eigenvalue weighted by atomic mass is 15.1. The average molecular weight is 303 g/mol. The van der Waals surface area contributed by atoms with Crippen molar-refractivity contribution in [3.8, 4) is 0 Å². The van der Waals surface area contributed by atoms with Crippen LogP contribution in [0.2, 0.25) is 0 Å². The van der Waals surface area contributed by atoms with Crippen LogP contribution >= 0.6 is 0 Å². The molecular weight excluding hydrogens is 278 g/mol. The van der Waals surface area contributed by atoms with Crippen LogP contribution in [0.15, 0.2) is 60.2 Å². The number of aryl methyl sites for hydroxylation is 1. The molecule has 23 heavy (non-hydrogen) atoms. The Balaban J connectivity index is 1.36. The zero-order valence-corrected chi connectivity index (χ0v) is 13.7. The van der Waals surface area contributed by atoms with Gasteiger partial charge in [0.05, 0.1) is 0 Å². The van der Waals surface area contributed by atoms with Crippen LogP contribution in [0.3, 0.4) is 0 Å². The third kappa shape index (κ3) is 3.40. The minimum absolute atomic E-state index is 0.758. The molecule has 1 heterocycles. The molecule has 1 nitrogen and oxygen atoms in total. The molecule has 2 aromatic rings. The van der Waals surface area contributed by atoms with Gasteiger partial charge in [0.1, 0.15) is 0 Å². The Morgan fingerprint density at radius 2 is 1.57 bits per heavy atom. The van der Waals surface area contributed by atoms with Gasteiger partial charge in [0.25, 0.3) is 0 Å². The minimum atomic E-state index is 0.758. The predicted molar refractivity (Wildman–Crippen MR) is 97.6 cm³/mol. The van der Waals surface area contributed by atoms with Gasteiger partial charge in [-0.2, -0.15) is 0 Å². The van der Waals surface area contributed by atoms with Crippen molar-refractivity contribution < 1.29 is 0 Å². The number of likely N-dealkylation sites (tertiary alicyclic amines) is 1. The standard InChI is InChI=1S/C22H25N/c1-2-6-19(7-3-1)21-12-14-23(15-13-21)17-18-10-11-20-8-4-5-9-22(20)16-18/h1-9,16,21H,10-15,17H2. The van der Waals surface area contributed by atoms with Crippen molar-refractivity contribution in [3.63, 3.8) is 0 Å². The number of fused-ring (bicyclic) bond motifs is 1. The number of nitrogens with zero attached hydrogens (tertiary/aromatic N) is 1. The van der Waals surface area contributed by atoms with Crippen LogP contribution in [0.5, 0.6) is 0 Å². The summed E-state index contributed by atoms with van der Waals surface area (Å²) in [4.78, 5) is 2.65. The van der Waals surface area contributed by atoms with E-state index in [9.17, 15) is 0 Å². The molecule has 0 atom stereocenters. The summed E-state index contributed by atoms with van der Waals surface area (Å²) in [6, 6.07) is 19.9. The fourth-order valence-corrected chi connectivity index (χ4v) is 4.05. The lowest BCUT2D eigenvalue weighted by atomic mass is 9.88. The zero-order chi connectivity index (χ0) is 15.5. The Morgan fingerprint density at radius 3 is 2.39 bits per heavy atom. The second kappa shape index (κ2) is 6.72. The van der Waals surface area contributed by atoms with E-state index in [-0.39, 0.29) is 0 Å². The fraction of sp³-hybridized carbons (Fsp3) is 0.364. The van der Waals surface area contributed by atoms with Gasteiger partial charge in [0.2, 0.25) is 0 Å². The van der Waals surface area contributed by atoms with E-state index in [2.05, 4.69) is 65.6 Å². The van der Waals surface area contributed by atoms with Gasteiger partial charge in [-0.05, 0) is 61.4 Å². The molecule has 0 spiro atoms. The number of rotatable bonds is 3. The molecule has 1 aliphatic heterocycles. The Kier molecular flexibility index (Phi) is 4.30. The van der Waals surface area contributed by atoms with Crippen LogP contribution in [0.4, 0.5) is 0 Å². The summed E-state index contributed by atoms with van der Waals surface area (Å²) in [5.74, 6) is 0.758. The summed E-state index contributed by atoms with van der Waals surface area (Å²) < 4.78 is 0. The average Bonchev–Trinajstić information content (AvgIpc) is 2.63. The molecule has 2 aliphatic rings. The molecular formula is C22H25N. The van der Waals surface area contributed by atoms with Crippen molar-refractivity contribution in [1.29, 1.82) is 0 Å². The second-order valence-electron chi connectivity index (χ2n) is 6.96. The molecule has 1 fully saturated rings. The van der Waals surface area contributed by atoms with Gasteiger partial charge < -0.3 is 0 Å². The molecule has 4 rings (SSSR count). The highest BCUT2D eigenvalue weighted by Crippen LogP contribution is 2.29. The summed E-state index contributed by atoms with van der Waals surface area (Å²) in [7, 11) is 0. The Morgan fingerprint density at radius 1 is 0.826 bits per heavy atom. The van der Waals surface area contributed by atoms with Crippen molar-refractivity contribution in [3.05, 3.63) is 76.9 Å². The lowest BCUT2D eigenvalue weighted by Gasteiger charge is -2.33. The fourth-order valence-electron chi connectivity index (χ4n) is 4.05. The molecule has 2 aromatic carbocycles. The van der Waals surface area contributed by atoms with E-state index in [4.69, 9.17) is 0 Å². The molecule has 0 unspecified atom stereocenters. The largest absolute Gasteiger partial charge is 0.299 e. The van der Waals surface area contributed by atoms with Crippen LogP contribution < -0.4 is 0 Å². The van der Waals surface area contributed by atoms with Gasteiger partial charge in [0.15, 0.2) is 0 Å². The third-order valence-corrected chi connectivity index (χ3v) is 5.42. The maximum Gasteiger partial charge on any atom is 0.0196 e. The van der Waals surface area contributed by atoms with Crippen LogP contribution in [0.25, 0.3) is 6.08 Å². The first kappa shape index (κ1) is 14.7. The van der Waals surface area contributed by atoms with E-state index in [1.807, 2.05) is 0 Å². The van der Waals surface area contributed by atoms with Gasteiger partial charge in [-0.15, -0.1) is 0 Å². The quantitative estimate of drug-likeness (QED) is 0.780. The zero-order valence-electron chi connectivity index (χ0n) is 13.7. The number of hydrogen-bond acceptors (Lipinski definition) is 1. The van der Waals surface area contributed by atoms with Crippen LogP contribution in [-0.4, -0.2) is 24.5 Å². The molecule has 118 valence electrons. The topological polar surface area (TPSA) is 3.24 Å². The highest BCUT2D eigenvalue weighted by Gasteiger charge is 2.21. The van der Waals surface area contributed by atoms with Crippen LogP contribution in [0, 0.1) is 0 Å². The lowest BCUT2D eigenvalue weighted by molar-refractivity contribution is 0.227. The third-order valence-electron chi connectivity index (χ3n) is 5.42. The first-order valence-electron chi connectivity index (χ1n) is 8.93. The summed E-state index contributed by atoms with van der Waals surface area (Å²) in [6.45, 7) is 3.63. The summed E-state index contributed by atoms with van der Waals surface area (Å²) in [5, 5.41) is 0. The van der Waals surface area contributed by atoms with E-state index >= 15 is 0 Å². The first-order chi connectivity index (χ1) is 11.4. The maximum absolute atomic E-state index is 2.65. The SMILES string of the molecule is C1=C(CN2CCC(c3ccccc3)CC2)CCc2ccccc21. The molecule has 0 amide bonds. The van der Waals surface area contributed by atoms with Crippen molar-refractivity contribution in [1.82, 2.24) is 4.90 Å². The normalized spacial score (nSPS) is 19.2. The molecule has 0 saturated carbocycles. The van der Waals surface area contributed by atoms with Gasteiger partial charge in [-0.3, -0.25) is 4.90 Å². The van der Waals surface area contributed by atoms with Crippen molar-refractivity contribution in [2.75, 3.05) is 19.6 Å². The van der Waals surface area contributed by atoms with Gasteiger partial charge in [0, 0.05) is 6.54 Å². The van der Waals surface area contributed by atoms with Gasteiger partial charge in [-0.1, -0.05) is 66.2 Å². The molecule has 1 aliphatic carbocycles. The second-order valence-corrected chi connectivity index (χ2v) is 6.96. The Hall–Kier alpha value is -1.86. The molecule has 0 bridgehead atoms.